The van der Waals surface area contributed by atoms with Crippen LogP contribution in [0.25, 0.3) is 22.0 Å². The largest absolute Gasteiger partial charge is 0.440 e. The van der Waals surface area contributed by atoms with Crippen LogP contribution in [0.1, 0.15) is 40.6 Å². The van der Waals surface area contributed by atoms with Crippen molar-refractivity contribution < 1.29 is 9.21 Å². The lowest BCUT2D eigenvalue weighted by Gasteiger charge is -2.34. The number of rotatable bonds is 3. The quantitative estimate of drug-likeness (QED) is 0.506. The van der Waals surface area contributed by atoms with E-state index in [0.717, 1.165) is 40.8 Å². The number of amides is 1. The molecule has 1 aliphatic heterocycles. The van der Waals surface area contributed by atoms with Crippen LogP contribution < -0.4 is 16.2 Å². The van der Waals surface area contributed by atoms with E-state index in [1.807, 2.05) is 31.2 Å². The Balaban J connectivity index is 1.51. The number of piperidine rings is 1. The summed E-state index contributed by atoms with van der Waals surface area (Å²) in [5.74, 6) is 0.179. The zero-order chi connectivity index (χ0) is 22.6. The molecule has 1 fully saturated rings. The first-order chi connectivity index (χ1) is 15.3. The number of nitrogens with two attached hydrogens (primary N) is 1. The van der Waals surface area contributed by atoms with Gasteiger partial charge in [0.2, 0.25) is 0 Å². The number of aryl methyl sites for hydroxylation is 2. The molecule has 8 heteroatoms. The fraction of sp³-hybridized carbons (Fsp3) is 0.292. The average Bonchev–Trinajstić information content (AvgIpc) is 3.19. The number of benzene rings is 2. The Morgan fingerprint density at radius 2 is 1.94 bits per heavy atom. The van der Waals surface area contributed by atoms with E-state index < -0.39 is 11.5 Å². The molecule has 1 amide bonds. The second kappa shape index (κ2) is 7.67. The fourth-order valence-corrected chi connectivity index (χ4v) is 4.79. The molecule has 164 valence electrons. The van der Waals surface area contributed by atoms with Gasteiger partial charge in [0.1, 0.15) is 11.1 Å². The summed E-state index contributed by atoms with van der Waals surface area (Å²) in [7, 11) is 1.62. The Kier molecular flexibility index (Phi) is 4.93. The van der Waals surface area contributed by atoms with Gasteiger partial charge in [0, 0.05) is 36.5 Å². The highest BCUT2D eigenvalue weighted by molar-refractivity contribution is 6.31. The third-order valence-corrected chi connectivity index (χ3v) is 6.53. The zero-order valence-corrected chi connectivity index (χ0v) is 18.6. The first kappa shape index (κ1) is 20.6. The van der Waals surface area contributed by atoms with Gasteiger partial charge in [-0.15, -0.1) is 0 Å². The summed E-state index contributed by atoms with van der Waals surface area (Å²) >= 11 is 6.18. The van der Waals surface area contributed by atoms with Gasteiger partial charge in [-0.2, -0.15) is 0 Å². The first-order valence-electron chi connectivity index (χ1n) is 10.6. The molecule has 5 rings (SSSR count). The van der Waals surface area contributed by atoms with Crippen molar-refractivity contribution in [3.05, 3.63) is 68.8 Å². The smallest absolute Gasteiger partial charge is 0.265 e. The molecule has 7 nitrogen and oxygen atoms in total. The molecule has 3 heterocycles. The molecule has 0 radical (unpaired) electrons. The van der Waals surface area contributed by atoms with Crippen LogP contribution in [0, 0.1) is 6.92 Å². The summed E-state index contributed by atoms with van der Waals surface area (Å²) in [5.41, 5.74) is 9.30. The Bertz CT molecular complexity index is 1430. The normalized spacial score (nSPS) is 15.0. The standard InChI is InChI=1S/C24H23ClN4O3/c1-13-3-6-19-17(11-13)27-23(32-19)14-7-9-29(10-8-14)21-16-5-4-15(25)12-18(16)28(2)24(31)20(21)22(26)30/h3-6,11-12,14H,7-10H2,1-2H3,(H2,26,30). The molecule has 0 spiro atoms. The number of nitrogens with zero attached hydrogens (tertiary/aromatic N) is 3. The van der Waals surface area contributed by atoms with Crippen molar-refractivity contribution in [1.82, 2.24) is 9.55 Å². The summed E-state index contributed by atoms with van der Waals surface area (Å²) in [5, 5.41) is 1.30. The number of hydrogen-bond acceptors (Lipinski definition) is 5. The lowest BCUT2D eigenvalue weighted by Crippen LogP contribution is -2.38. The highest BCUT2D eigenvalue weighted by atomic mass is 35.5. The highest BCUT2D eigenvalue weighted by Gasteiger charge is 2.29. The minimum atomic E-state index is -0.728. The molecular weight excluding hydrogens is 428 g/mol. The first-order valence-corrected chi connectivity index (χ1v) is 11.0. The Morgan fingerprint density at radius 1 is 1.19 bits per heavy atom. The molecule has 1 saturated heterocycles. The van der Waals surface area contributed by atoms with E-state index in [1.54, 1.807) is 19.2 Å². The van der Waals surface area contributed by atoms with Gasteiger partial charge in [-0.05, 0) is 55.7 Å². The molecule has 2 aromatic heterocycles. The maximum atomic E-state index is 13.0. The second-order valence-electron chi connectivity index (χ2n) is 8.40. The number of aromatic nitrogens is 2. The molecule has 0 bridgehead atoms. The van der Waals surface area contributed by atoms with E-state index in [-0.39, 0.29) is 11.5 Å². The van der Waals surface area contributed by atoms with Gasteiger partial charge in [-0.3, -0.25) is 9.59 Å². The summed E-state index contributed by atoms with van der Waals surface area (Å²) in [4.78, 5) is 32.0. The zero-order valence-electron chi connectivity index (χ0n) is 17.9. The summed E-state index contributed by atoms with van der Waals surface area (Å²) in [6.45, 7) is 3.32. The van der Waals surface area contributed by atoms with Crippen LogP contribution in [0.2, 0.25) is 5.02 Å². The summed E-state index contributed by atoms with van der Waals surface area (Å²) < 4.78 is 7.44. The van der Waals surface area contributed by atoms with Crippen LogP contribution in [-0.4, -0.2) is 28.5 Å². The number of carbonyl (C=O) groups is 1. The van der Waals surface area contributed by atoms with Crippen molar-refractivity contribution in [2.75, 3.05) is 18.0 Å². The molecule has 0 saturated carbocycles. The minimum Gasteiger partial charge on any atom is -0.440 e. The van der Waals surface area contributed by atoms with Gasteiger partial charge in [0.15, 0.2) is 11.5 Å². The number of pyridine rings is 1. The van der Waals surface area contributed by atoms with Gasteiger partial charge in [-0.1, -0.05) is 17.7 Å². The maximum Gasteiger partial charge on any atom is 0.265 e. The Morgan fingerprint density at radius 3 is 2.66 bits per heavy atom. The molecule has 0 unspecified atom stereocenters. The van der Waals surface area contributed by atoms with Crippen molar-refractivity contribution in [2.24, 2.45) is 12.8 Å². The van der Waals surface area contributed by atoms with E-state index >= 15 is 0 Å². The average molecular weight is 451 g/mol. The highest BCUT2D eigenvalue weighted by Crippen LogP contribution is 2.36. The number of halogens is 1. The van der Waals surface area contributed by atoms with Gasteiger partial charge in [-0.25, -0.2) is 4.98 Å². The molecule has 4 aromatic rings. The number of hydrogen-bond donors (Lipinski definition) is 1. The van der Waals surface area contributed by atoms with Crippen molar-refractivity contribution in [1.29, 1.82) is 0 Å². The number of anilines is 1. The third-order valence-electron chi connectivity index (χ3n) is 6.30. The van der Waals surface area contributed by atoms with Gasteiger partial charge in [0.05, 0.1) is 11.2 Å². The second-order valence-corrected chi connectivity index (χ2v) is 8.83. The molecule has 0 aliphatic carbocycles. The van der Waals surface area contributed by atoms with E-state index in [9.17, 15) is 9.59 Å². The third kappa shape index (κ3) is 3.33. The van der Waals surface area contributed by atoms with Gasteiger partial charge < -0.3 is 19.6 Å². The van der Waals surface area contributed by atoms with Crippen molar-refractivity contribution in [2.45, 2.75) is 25.7 Å². The number of primary amides is 1. The van der Waals surface area contributed by atoms with E-state index in [1.165, 1.54) is 4.57 Å². The van der Waals surface area contributed by atoms with Crippen LogP contribution in [-0.2, 0) is 7.05 Å². The van der Waals surface area contributed by atoms with Crippen molar-refractivity contribution >= 4 is 45.2 Å². The van der Waals surface area contributed by atoms with Gasteiger partial charge in [0.25, 0.3) is 11.5 Å². The van der Waals surface area contributed by atoms with Crippen LogP contribution in [0.4, 0.5) is 5.69 Å². The lowest BCUT2D eigenvalue weighted by molar-refractivity contribution is 0.0999. The molecular formula is C24H23ClN4O3. The number of fused-ring (bicyclic) bond motifs is 2. The lowest BCUT2D eigenvalue weighted by atomic mass is 9.95. The minimum absolute atomic E-state index is 0.0121. The molecule has 2 N–H and O–H groups in total. The van der Waals surface area contributed by atoms with Crippen molar-refractivity contribution in [3.8, 4) is 0 Å². The molecule has 2 aromatic carbocycles. The number of oxazole rings is 1. The SMILES string of the molecule is Cc1ccc2oc(C3CCN(c4c(C(N)=O)c(=O)n(C)c5cc(Cl)ccc45)CC3)nc2c1. The Hall–Kier alpha value is -3.32. The summed E-state index contributed by atoms with van der Waals surface area (Å²) in [6, 6.07) is 11.3. The van der Waals surface area contributed by atoms with Crippen molar-refractivity contribution in [3.63, 3.8) is 0 Å². The number of carbonyl (C=O) groups excluding carboxylic acids is 1. The van der Waals surface area contributed by atoms with E-state index in [2.05, 4.69) is 4.90 Å². The maximum absolute atomic E-state index is 13.0. The predicted molar refractivity (Wildman–Crippen MR) is 126 cm³/mol. The Labute approximate surface area is 189 Å². The van der Waals surface area contributed by atoms with Crippen LogP contribution >= 0.6 is 11.6 Å². The van der Waals surface area contributed by atoms with Crippen LogP contribution in [0.3, 0.4) is 0 Å². The summed E-state index contributed by atoms with van der Waals surface area (Å²) in [6.07, 6.45) is 1.57. The van der Waals surface area contributed by atoms with Gasteiger partial charge >= 0.3 is 0 Å². The fourth-order valence-electron chi connectivity index (χ4n) is 4.63. The molecule has 0 atom stereocenters. The topological polar surface area (TPSA) is 94.4 Å². The van der Waals surface area contributed by atoms with Crippen LogP contribution in [0.15, 0.2) is 45.6 Å². The van der Waals surface area contributed by atoms with E-state index in [0.29, 0.717) is 29.3 Å². The van der Waals surface area contributed by atoms with E-state index in [4.69, 9.17) is 26.7 Å². The monoisotopic (exact) mass is 450 g/mol. The van der Waals surface area contributed by atoms with Crippen LogP contribution in [0.5, 0.6) is 0 Å². The molecule has 1 aliphatic rings. The molecule has 32 heavy (non-hydrogen) atoms. The predicted octanol–water partition coefficient (Wildman–Crippen LogP) is 4.12.